The van der Waals surface area contributed by atoms with Gasteiger partial charge >= 0.3 is 0 Å². The van der Waals surface area contributed by atoms with Gasteiger partial charge in [0.2, 0.25) is 0 Å². The maximum absolute atomic E-state index is 9.20. The van der Waals surface area contributed by atoms with Crippen LogP contribution in [0.15, 0.2) is 224 Å². The lowest BCUT2D eigenvalue weighted by Gasteiger charge is -2.20. The van der Waals surface area contributed by atoms with E-state index in [2.05, 4.69) is 181 Å². The van der Waals surface area contributed by atoms with Gasteiger partial charge in [0.15, 0.2) is 0 Å². The minimum Gasteiger partial charge on any atom is -0.299 e. The summed E-state index contributed by atoms with van der Waals surface area (Å²) in [6.45, 7) is 0. The van der Waals surface area contributed by atoms with E-state index in [1.807, 2.05) is 42.6 Å². The lowest BCUT2D eigenvalue weighted by Crippen LogP contribution is -2.13. The quantitative estimate of drug-likeness (QED) is 0.0999. The van der Waals surface area contributed by atoms with Crippen LogP contribution in [0.5, 0.6) is 0 Å². The molecule has 0 saturated carbocycles. The highest BCUT2D eigenvalue weighted by Gasteiger charge is 2.20. The second-order valence-corrected chi connectivity index (χ2v) is 16.3. The van der Waals surface area contributed by atoms with E-state index >= 15 is 0 Å². The van der Waals surface area contributed by atoms with E-state index in [0.29, 0.717) is 11.4 Å². The van der Waals surface area contributed by atoms with E-state index in [1.165, 1.54) is 65.3 Å². The summed E-state index contributed by atoms with van der Waals surface area (Å²) in [5.74, 6) is 0. The molecule has 63 heavy (non-hydrogen) atoms. The number of pyridine rings is 1. The number of allylic oxidation sites excluding steroid dienone is 4. The Hall–Kier alpha value is -8.47. The van der Waals surface area contributed by atoms with Crippen molar-refractivity contribution in [2.75, 3.05) is 5.43 Å². The van der Waals surface area contributed by atoms with Crippen molar-refractivity contribution in [2.45, 2.75) is 0 Å². The third kappa shape index (κ3) is 6.36. The fourth-order valence-corrected chi connectivity index (χ4v) is 9.47. The fourth-order valence-electron chi connectivity index (χ4n) is 9.47. The zero-order chi connectivity index (χ0) is 41.9. The average molecular weight is 803 g/mol. The van der Waals surface area contributed by atoms with Crippen LogP contribution in [-0.2, 0) is 0 Å². The molecule has 11 aromatic rings. The fraction of sp³-hybridized carbons (Fsp3) is 0. The molecule has 0 fully saturated rings. The van der Waals surface area contributed by atoms with Gasteiger partial charge < -0.3 is 0 Å². The number of hydrogen-bond donors (Lipinski definition) is 2. The van der Waals surface area contributed by atoms with Crippen LogP contribution in [0.3, 0.4) is 0 Å². The monoisotopic (exact) mass is 802 g/mol. The normalized spacial score (nSPS) is 13.5. The topological polar surface area (TPSA) is 61.1 Å². The third-order valence-corrected chi connectivity index (χ3v) is 12.6. The van der Waals surface area contributed by atoms with Crippen molar-refractivity contribution in [2.24, 2.45) is 5.10 Å². The second-order valence-electron chi connectivity index (χ2n) is 16.3. The maximum atomic E-state index is 9.20. The summed E-state index contributed by atoms with van der Waals surface area (Å²) >= 11 is 0. The molecule has 10 aromatic carbocycles. The first kappa shape index (κ1) is 36.4. The molecule has 1 heterocycles. The van der Waals surface area contributed by atoms with Crippen molar-refractivity contribution in [3.8, 4) is 33.4 Å². The van der Waals surface area contributed by atoms with Gasteiger partial charge in [0.25, 0.3) is 0 Å². The van der Waals surface area contributed by atoms with E-state index in [0.717, 1.165) is 49.6 Å². The van der Waals surface area contributed by atoms with Crippen molar-refractivity contribution in [3.63, 3.8) is 0 Å². The Morgan fingerprint density at radius 1 is 0.413 bits per heavy atom. The Morgan fingerprint density at radius 3 is 1.67 bits per heavy atom. The van der Waals surface area contributed by atoms with Gasteiger partial charge in [-0.2, -0.15) is 5.10 Å². The molecule has 1 aromatic heterocycles. The first-order chi connectivity index (χ1) is 31.1. The number of hydrazone groups is 1. The summed E-state index contributed by atoms with van der Waals surface area (Å²) in [5, 5.41) is 26.9. The SMILES string of the molecule is N=C1C=C(c2ccc3c(-c4ccc5ccccc5c4)c4ccccc4c(-c4ccc5ccccc5c4)c3c2)C=C/C1=N/Nc1ccc(-c2cnc3ccccc3c2)c2ccccc12. The smallest absolute Gasteiger partial charge is 0.108 e. The van der Waals surface area contributed by atoms with Crippen LogP contribution >= 0.6 is 0 Å². The standard InChI is InChI=1S/C59H38N4/c60-54-35-42(26-29-57(54)63-62-56-30-28-47(48-16-6-7-17-49(48)56)46-33-43-15-5-10-20-55(43)61-36-46)41-25-27-52-53(34-41)59(45-24-22-38-12-2-4-14-40(38)32-45)51-19-9-8-18-50(51)58(52)44-23-21-37-11-1-3-13-39(37)31-44/h1-36,60,62H/b60-54?,63-57-. The van der Waals surface area contributed by atoms with Gasteiger partial charge in [-0.3, -0.25) is 15.8 Å². The van der Waals surface area contributed by atoms with Crippen LogP contribution in [0.4, 0.5) is 5.69 Å². The molecule has 12 rings (SSSR count). The van der Waals surface area contributed by atoms with Crippen LogP contribution in [0.25, 0.3) is 104 Å². The van der Waals surface area contributed by atoms with E-state index in [-0.39, 0.29) is 0 Å². The van der Waals surface area contributed by atoms with Crippen molar-refractivity contribution in [1.29, 1.82) is 5.41 Å². The van der Waals surface area contributed by atoms with Crippen LogP contribution < -0.4 is 5.43 Å². The predicted octanol–water partition coefficient (Wildman–Crippen LogP) is 15.4. The molecule has 4 nitrogen and oxygen atoms in total. The van der Waals surface area contributed by atoms with E-state index in [1.54, 1.807) is 0 Å². The summed E-state index contributed by atoms with van der Waals surface area (Å²) in [6.07, 6.45) is 7.89. The van der Waals surface area contributed by atoms with Crippen molar-refractivity contribution in [1.82, 2.24) is 4.98 Å². The maximum Gasteiger partial charge on any atom is 0.108 e. The first-order valence-electron chi connectivity index (χ1n) is 21.3. The zero-order valence-electron chi connectivity index (χ0n) is 34.2. The van der Waals surface area contributed by atoms with Gasteiger partial charge in [0.1, 0.15) is 5.71 Å². The highest BCUT2D eigenvalue weighted by atomic mass is 15.3. The number of aromatic nitrogens is 1. The van der Waals surface area contributed by atoms with Gasteiger partial charge in [-0.1, -0.05) is 164 Å². The molecule has 0 aliphatic heterocycles. The lowest BCUT2D eigenvalue weighted by molar-refractivity contribution is 1.35. The number of hydrogen-bond acceptors (Lipinski definition) is 4. The minimum absolute atomic E-state index is 0.341. The number of anilines is 1. The third-order valence-electron chi connectivity index (χ3n) is 12.6. The average Bonchev–Trinajstić information content (AvgIpc) is 3.34. The summed E-state index contributed by atoms with van der Waals surface area (Å²) in [7, 11) is 0. The molecule has 0 saturated heterocycles. The van der Waals surface area contributed by atoms with Gasteiger partial charge in [-0.05, 0) is 136 Å². The van der Waals surface area contributed by atoms with E-state index in [4.69, 9.17) is 10.1 Å². The second kappa shape index (κ2) is 14.9. The van der Waals surface area contributed by atoms with Gasteiger partial charge in [0, 0.05) is 22.5 Å². The molecule has 0 atom stereocenters. The Morgan fingerprint density at radius 2 is 0.968 bits per heavy atom. The zero-order valence-corrected chi connectivity index (χ0v) is 34.2. The number of nitrogens with zero attached hydrogens (tertiary/aromatic N) is 2. The molecule has 0 radical (unpaired) electrons. The number of benzene rings is 10. The number of nitrogens with one attached hydrogen (secondary N) is 2. The van der Waals surface area contributed by atoms with Gasteiger partial charge in [0.05, 0.1) is 16.9 Å². The Kier molecular flexibility index (Phi) is 8.61. The van der Waals surface area contributed by atoms with Gasteiger partial charge in [-0.25, -0.2) is 0 Å². The molecule has 0 amide bonds. The van der Waals surface area contributed by atoms with Crippen molar-refractivity contribution in [3.05, 3.63) is 224 Å². The summed E-state index contributed by atoms with van der Waals surface area (Å²) < 4.78 is 0. The Labute approximate surface area is 364 Å². The molecule has 4 heteroatoms. The van der Waals surface area contributed by atoms with Crippen LogP contribution in [0.1, 0.15) is 5.56 Å². The molecular weight excluding hydrogens is 765 g/mol. The first-order valence-corrected chi connectivity index (χ1v) is 21.3. The summed E-state index contributed by atoms with van der Waals surface area (Å²) in [5.41, 5.74) is 15.0. The molecule has 0 bridgehead atoms. The molecule has 1 aliphatic rings. The minimum atomic E-state index is 0.341. The predicted molar refractivity (Wildman–Crippen MR) is 268 cm³/mol. The van der Waals surface area contributed by atoms with Crippen molar-refractivity contribution >= 4 is 87.4 Å². The lowest BCUT2D eigenvalue weighted by atomic mass is 9.84. The van der Waals surface area contributed by atoms with E-state index in [9.17, 15) is 5.41 Å². The largest absolute Gasteiger partial charge is 0.299 e. The van der Waals surface area contributed by atoms with Crippen LogP contribution in [-0.4, -0.2) is 16.4 Å². The Balaban J connectivity index is 0.938. The molecule has 0 unspecified atom stereocenters. The number of fused-ring (bicyclic) bond motifs is 6. The Bertz CT molecular complexity index is 3800. The molecule has 2 N–H and O–H groups in total. The number of rotatable bonds is 6. The summed E-state index contributed by atoms with van der Waals surface area (Å²) in [4.78, 5) is 4.73. The number of para-hydroxylation sites is 1. The van der Waals surface area contributed by atoms with Gasteiger partial charge in [-0.15, -0.1) is 0 Å². The molecule has 294 valence electrons. The van der Waals surface area contributed by atoms with Crippen LogP contribution in [0, 0.1) is 5.41 Å². The molecule has 1 aliphatic carbocycles. The highest BCUT2D eigenvalue weighted by molar-refractivity contribution is 6.51. The molecule has 0 spiro atoms. The van der Waals surface area contributed by atoms with Crippen LogP contribution in [0.2, 0.25) is 0 Å². The van der Waals surface area contributed by atoms with E-state index < -0.39 is 0 Å². The highest BCUT2D eigenvalue weighted by Crippen LogP contribution is 2.45. The summed E-state index contributed by atoms with van der Waals surface area (Å²) in [6, 6.07) is 69.3. The van der Waals surface area contributed by atoms with Crippen molar-refractivity contribution < 1.29 is 0 Å². The molecular formula is C59H38N4.